The third-order valence-electron chi connectivity index (χ3n) is 5.27. The van der Waals surface area contributed by atoms with E-state index in [1.54, 1.807) is 0 Å². The largest absolute Gasteiger partial charge is 0.474 e. The van der Waals surface area contributed by atoms with Crippen LogP contribution < -0.4 is 10.3 Å². The van der Waals surface area contributed by atoms with Crippen molar-refractivity contribution in [3.05, 3.63) is 45.5 Å². The van der Waals surface area contributed by atoms with Gasteiger partial charge in [0.25, 0.3) is 5.56 Å². The van der Waals surface area contributed by atoms with Gasteiger partial charge in [-0.2, -0.15) is 0 Å². The predicted molar refractivity (Wildman–Crippen MR) is 103 cm³/mol. The minimum absolute atomic E-state index is 0.258. The van der Waals surface area contributed by atoms with E-state index in [9.17, 15) is 13.2 Å². The molecule has 1 fully saturated rings. The molecule has 9 heteroatoms. The first-order valence-electron chi connectivity index (χ1n) is 9.54. The average molecular weight is 404 g/mol. The average Bonchev–Trinajstić information content (AvgIpc) is 3.16. The van der Waals surface area contributed by atoms with Crippen LogP contribution in [0.2, 0.25) is 0 Å². The number of ether oxygens (including phenoxy) is 1. The molecule has 0 aromatic carbocycles. The molecule has 0 amide bonds. The smallest absolute Gasteiger partial charge is 0.256 e. The summed E-state index contributed by atoms with van der Waals surface area (Å²) in [6.45, 7) is 1.79. The number of hydrogen-bond acceptors (Lipinski definition) is 7. The van der Waals surface area contributed by atoms with Gasteiger partial charge in [-0.15, -0.1) is 0 Å². The Labute approximate surface area is 163 Å². The lowest BCUT2D eigenvalue weighted by atomic mass is 10.1. The lowest BCUT2D eigenvalue weighted by molar-refractivity contribution is 0.201. The summed E-state index contributed by atoms with van der Waals surface area (Å²) in [4.78, 5) is 25.4. The predicted octanol–water partition coefficient (Wildman–Crippen LogP) is 1.45. The number of nitrogens with zero attached hydrogens (tertiary/aromatic N) is 3. The quantitative estimate of drug-likeness (QED) is 0.752. The molecule has 28 heavy (non-hydrogen) atoms. The van der Waals surface area contributed by atoms with E-state index in [1.165, 1.54) is 12.8 Å². The van der Waals surface area contributed by atoms with Gasteiger partial charge >= 0.3 is 0 Å². The third kappa shape index (κ3) is 4.25. The lowest BCUT2D eigenvalue weighted by Gasteiger charge is -2.27. The van der Waals surface area contributed by atoms with E-state index in [4.69, 9.17) is 4.74 Å². The molecule has 0 radical (unpaired) electrons. The molecule has 0 atom stereocenters. The van der Waals surface area contributed by atoms with Crippen LogP contribution in [-0.4, -0.2) is 47.2 Å². The molecule has 3 heterocycles. The van der Waals surface area contributed by atoms with Crippen molar-refractivity contribution in [3.8, 4) is 5.88 Å². The molecular weight excluding hydrogens is 380 g/mol. The molecular formula is C19H24N4O4S. The van der Waals surface area contributed by atoms with Gasteiger partial charge in [0.15, 0.2) is 0 Å². The van der Waals surface area contributed by atoms with Crippen molar-refractivity contribution in [2.24, 2.45) is 0 Å². The van der Waals surface area contributed by atoms with Crippen LogP contribution in [0.4, 0.5) is 0 Å². The number of pyridine rings is 1. The van der Waals surface area contributed by atoms with Crippen molar-refractivity contribution >= 4 is 9.84 Å². The zero-order valence-corrected chi connectivity index (χ0v) is 16.7. The molecule has 0 spiro atoms. The second kappa shape index (κ2) is 7.63. The fourth-order valence-corrected chi connectivity index (χ4v) is 4.33. The standard InChI is InChI=1S/C19H24N4O4S/c1-28(25,26)19-21-16-8-9-23(12-15(16)18(24)22-19)11-13-6-7-17(20-10-13)27-14-4-2-3-5-14/h6-7,10,14H,2-5,8-9,11-12H2,1H3,(H,21,22,24). The highest BCUT2D eigenvalue weighted by atomic mass is 32.2. The van der Waals surface area contributed by atoms with Gasteiger partial charge in [-0.1, -0.05) is 6.07 Å². The first-order valence-corrected chi connectivity index (χ1v) is 11.4. The Bertz CT molecular complexity index is 1010. The number of nitrogens with one attached hydrogen (secondary N) is 1. The molecule has 1 N–H and O–H groups in total. The third-order valence-corrected chi connectivity index (χ3v) is 6.17. The van der Waals surface area contributed by atoms with Crippen LogP contribution in [0.5, 0.6) is 5.88 Å². The van der Waals surface area contributed by atoms with Gasteiger partial charge < -0.3 is 4.74 Å². The normalized spacial score (nSPS) is 18.2. The zero-order valence-electron chi connectivity index (χ0n) is 15.8. The van der Waals surface area contributed by atoms with E-state index < -0.39 is 9.84 Å². The Balaban J connectivity index is 1.43. The summed E-state index contributed by atoms with van der Waals surface area (Å²) < 4.78 is 29.2. The fraction of sp³-hybridized carbons (Fsp3) is 0.526. The van der Waals surface area contributed by atoms with Crippen molar-refractivity contribution in [2.75, 3.05) is 12.8 Å². The zero-order chi connectivity index (χ0) is 19.7. The van der Waals surface area contributed by atoms with Crippen LogP contribution in [0.15, 0.2) is 28.3 Å². The Hall–Kier alpha value is -2.26. The molecule has 2 aromatic rings. The first-order chi connectivity index (χ1) is 13.4. The molecule has 4 rings (SSSR count). The number of H-pyrrole nitrogens is 1. The maximum absolute atomic E-state index is 12.3. The molecule has 2 aliphatic rings. The number of aromatic nitrogens is 3. The molecule has 8 nitrogen and oxygen atoms in total. The van der Waals surface area contributed by atoms with Gasteiger partial charge in [-0.05, 0) is 31.2 Å². The van der Waals surface area contributed by atoms with Gasteiger partial charge in [-0.25, -0.2) is 18.4 Å². The van der Waals surface area contributed by atoms with Crippen LogP contribution in [0, 0.1) is 0 Å². The maximum atomic E-state index is 12.3. The maximum Gasteiger partial charge on any atom is 0.256 e. The summed E-state index contributed by atoms with van der Waals surface area (Å²) in [5.41, 5.74) is 1.76. The highest BCUT2D eigenvalue weighted by Gasteiger charge is 2.23. The summed E-state index contributed by atoms with van der Waals surface area (Å²) in [5, 5.41) is -0.258. The summed E-state index contributed by atoms with van der Waals surface area (Å²) in [7, 11) is -3.53. The molecule has 1 aliphatic carbocycles. The summed E-state index contributed by atoms with van der Waals surface area (Å²) in [6, 6.07) is 3.90. The molecule has 0 bridgehead atoms. The Morgan fingerprint density at radius 2 is 2.07 bits per heavy atom. The minimum atomic E-state index is -3.53. The number of sulfone groups is 1. The first kappa shape index (κ1) is 19.1. The molecule has 150 valence electrons. The SMILES string of the molecule is CS(=O)(=O)c1nc2c(c(=O)[nH]1)CN(Cc1ccc(OC3CCCC3)nc1)CC2. The monoisotopic (exact) mass is 404 g/mol. The number of rotatable bonds is 5. The van der Waals surface area contributed by atoms with Crippen molar-refractivity contribution in [3.63, 3.8) is 0 Å². The highest BCUT2D eigenvalue weighted by Crippen LogP contribution is 2.23. The molecule has 1 aliphatic heterocycles. The Kier molecular flexibility index (Phi) is 5.20. The van der Waals surface area contributed by atoms with E-state index in [-0.39, 0.29) is 16.8 Å². The van der Waals surface area contributed by atoms with Gasteiger partial charge in [0.2, 0.25) is 20.9 Å². The summed E-state index contributed by atoms with van der Waals surface area (Å²) in [6.07, 6.45) is 8.32. The Morgan fingerprint density at radius 3 is 2.75 bits per heavy atom. The van der Waals surface area contributed by atoms with E-state index >= 15 is 0 Å². The van der Waals surface area contributed by atoms with Crippen LogP contribution in [0.3, 0.4) is 0 Å². The van der Waals surface area contributed by atoms with Gasteiger partial charge in [0, 0.05) is 44.6 Å². The van der Waals surface area contributed by atoms with E-state index in [0.717, 1.165) is 24.7 Å². The number of aromatic amines is 1. The van der Waals surface area contributed by atoms with Gasteiger partial charge in [-0.3, -0.25) is 14.7 Å². The van der Waals surface area contributed by atoms with E-state index in [2.05, 4.69) is 19.9 Å². The molecule has 1 saturated carbocycles. The van der Waals surface area contributed by atoms with Gasteiger partial charge in [0.05, 0.1) is 11.3 Å². The molecule has 2 aromatic heterocycles. The number of fused-ring (bicyclic) bond motifs is 1. The molecule has 0 saturated heterocycles. The van der Waals surface area contributed by atoms with Gasteiger partial charge in [0.1, 0.15) is 6.10 Å². The highest BCUT2D eigenvalue weighted by molar-refractivity contribution is 7.90. The van der Waals surface area contributed by atoms with Crippen molar-refractivity contribution in [1.29, 1.82) is 0 Å². The second-order valence-corrected chi connectivity index (χ2v) is 9.49. The second-order valence-electron chi connectivity index (χ2n) is 7.56. The van der Waals surface area contributed by atoms with E-state index in [1.807, 2.05) is 18.3 Å². The van der Waals surface area contributed by atoms with Crippen LogP contribution in [0.1, 0.15) is 42.5 Å². The van der Waals surface area contributed by atoms with Crippen molar-refractivity contribution in [2.45, 2.75) is 56.5 Å². The fourth-order valence-electron chi connectivity index (χ4n) is 3.78. The molecule has 0 unspecified atom stereocenters. The summed E-state index contributed by atoms with van der Waals surface area (Å²) >= 11 is 0. The lowest BCUT2D eigenvalue weighted by Crippen LogP contribution is -2.36. The van der Waals surface area contributed by atoms with Crippen molar-refractivity contribution in [1.82, 2.24) is 19.9 Å². The van der Waals surface area contributed by atoms with E-state index in [0.29, 0.717) is 43.2 Å². The summed E-state index contributed by atoms with van der Waals surface area (Å²) in [5.74, 6) is 0.661. The minimum Gasteiger partial charge on any atom is -0.474 e. The van der Waals surface area contributed by atoms with Crippen molar-refractivity contribution < 1.29 is 13.2 Å². The topological polar surface area (TPSA) is 105 Å². The van der Waals surface area contributed by atoms with Crippen LogP contribution in [-0.2, 0) is 29.3 Å². The Morgan fingerprint density at radius 1 is 1.29 bits per heavy atom. The van der Waals surface area contributed by atoms with Crippen LogP contribution >= 0.6 is 0 Å². The number of hydrogen-bond donors (Lipinski definition) is 1. The van der Waals surface area contributed by atoms with Crippen LogP contribution in [0.25, 0.3) is 0 Å².